The molecule has 2 N–H and O–H groups in total. The van der Waals surface area contributed by atoms with E-state index in [0.717, 1.165) is 25.8 Å². The summed E-state index contributed by atoms with van der Waals surface area (Å²) in [6, 6.07) is 14.8. The minimum Gasteiger partial charge on any atom is -0.393 e. The van der Waals surface area contributed by atoms with Crippen LogP contribution in [0.1, 0.15) is 36.4 Å². The van der Waals surface area contributed by atoms with Crippen molar-refractivity contribution in [1.29, 1.82) is 0 Å². The first kappa shape index (κ1) is 14.2. The van der Waals surface area contributed by atoms with Crippen molar-refractivity contribution in [2.45, 2.75) is 31.4 Å². The van der Waals surface area contributed by atoms with E-state index in [-0.39, 0.29) is 12.1 Å². The van der Waals surface area contributed by atoms with Crippen molar-refractivity contribution in [3.8, 4) is 0 Å². The molecule has 1 aromatic carbocycles. The highest BCUT2D eigenvalue weighted by atomic mass is 16.3. The second-order valence-corrected chi connectivity index (χ2v) is 5.87. The summed E-state index contributed by atoms with van der Waals surface area (Å²) in [7, 11) is 0. The first-order valence-corrected chi connectivity index (χ1v) is 7.69. The third kappa shape index (κ3) is 3.69. The molecule has 3 heteroatoms. The van der Waals surface area contributed by atoms with Gasteiger partial charge in [-0.25, -0.2) is 0 Å². The highest BCUT2D eigenvalue weighted by Crippen LogP contribution is 2.27. The molecule has 0 radical (unpaired) electrons. The maximum atomic E-state index is 9.66. The van der Waals surface area contributed by atoms with Crippen molar-refractivity contribution in [2.24, 2.45) is 5.92 Å². The van der Waals surface area contributed by atoms with E-state index in [1.807, 2.05) is 18.5 Å². The number of pyridine rings is 1. The number of hydrogen-bond donors (Lipinski definition) is 2. The average Bonchev–Trinajstić information content (AvgIpc) is 2.95. The van der Waals surface area contributed by atoms with Gasteiger partial charge in [-0.15, -0.1) is 0 Å². The van der Waals surface area contributed by atoms with Crippen LogP contribution in [0.15, 0.2) is 54.9 Å². The van der Waals surface area contributed by atoms with Gasteiger partial charge in [0.15, 0.2) is 0 Å². The highest BCUT2D eigenvalue weighted by molar-refractivity contribution is 5.30. The van der Waals surface area contributed by atoms with Crippen molar-refractivity contribution in [3.05, 3.63) is 66.0 Å². The third-order valence-electron chi connectivity index (χ3n) is 4.30. The number of aliphatic hydroxyl groups excluding tert-OH is 1. The van der Waals surface area contributed by atoms with Crippen molar-refractivity contribution >= 4 is 0 Å². The molecule has 0 saturated heterocycles. The standard InChI is InChI=1S/C18H22N2O/c21-17-7-6-14(12-17)13-20-18(15-4-2-1-3-5-15)16-8-10-19-11-9-16/h1-5,8-11,14,17-18,20-21H,6-7,12-13H2. The highest BCUT2D eigenvalue weighted by Gasteiger charge is 2.24. The second kappa shape index (κ2) is 6.83. The Kier molecular flexibility index (Phi) is 4.63. The fourth-order valence-electron chi connectivity index (χ4n) is 3.15. The number of aliphatic hydroxyl groups is 1. The van der Waals surface area contributed by atoms with Crippen LogP contribution in [0.2, 0.25) is 0 Å². The molecule has 1 aliphatic rings. The normalized spacial score (nSPS) is 23.1. The van der Waals surface area contributed by atoms with E-state index in [1.165, 1.54) is 11.1 Å². The SMILES string of the molecule is OC1CCC(CNC(c2ccccc2)c2ccncc2)C1. The number of nitrogens with one attached hydrogen (secondary N) is 1. The van der Waals surface area contributed by atoms with Crippen LogP contribution in [0.25, 0.3) is 0 Å². The molecule has 3 nitrogen and oxygen atoms in total. The van der Waals surface area contributed by atoms with Crippen LogP contribution in [0.5, 0.6) is 0 Å². The van der Waals surface area contributed by atoms with E-state index in [1.54, 1.807) is 0 Å². The van der Waals surface area contributed by atoms with Gasteiger partial charge in [0.05, 0.1) is 12.1 Å². The molecule has 110 valence electrons. The lowest BCUT2D eigenvalue weighted by atomic mass is 9.98. The lowest BCUT2D eigenvalue weighted by Crippen LogP contribution is -2.27. The lowest BCUT2D eigenvalue weighted by Gasteiger charge is -2.22. The molecule has 1 saturated carbocycles. The number of benzene rings is 1. The first-order valence-electron chi connectivity index (χ1n) is 7.69. The zero-order chi connectivity index (χ0) is 14.5. The van der Waals surface area contributed by atoms with Crippen LogP contribution < -0.4 is 5.32 Å². The summed E-state index contributed by atoms with van der Waals surface area (Å²) in [6.45, 7) is 0.943. The quantitative estimate of drug-likeness (QED) is 0.886. The van der Waals surface area contributed by atoms with Crippen LogP contribution >= 0.6 is 0 Å². The largest absolute Gasteiger partial charge is 0.393 e. The summed E-state index contributed by atoms with van der Waals surface area (Å²) in [5.74, 6) is 0.577. The molecule has 1 heterocycles. The Morgan fingerprint density at radius 2 is 1.76 bits per heavy atom. The molecule has 3 rings (SSSR count). The fourth-order valence-corrected chi connectivity index (χ4v) is 3.15. The fraction of sp³-hybridized carbons (Fsp3) is 0.389. The van der Waals surface area contributed by atoms with Gasteiger partial charge in [0, 0.05) is 12.4 Å². The predicted molar refractivity (Wildman–Crippen MR) is 83.9 cm³/mol. The molecular formula is C18H22N2O. The van der Waals surface area contributed by atoms with Crippen molar-refractivity contribution < 1.29 is 5.11 Å². The molecular weight excluding hydrogens is 260 g/mol. The number of rotatable bonds is 5. The molecule has 0 amide bonds. The van der Waals surface area contributed by atoms with Gasteiger partial charge in [0.1, 0.15) is 0 Å². The van der Waals surface area contributed by atoms with E-state index >= 15 is 0 Å². The van der Waals surface area contributed by atoms with Gasteiger partial charge < -0.3 is 10.4 Å². The summed E-state index contributed by atoms with van der Waals surface area (Å²) in [5, 5.41) is 13.3. The first-order chi connectivity index (χ1) is 10.3. The number of hydrogen-bond acceptors (Lipinski definition) is 3. The van der Waals surface area contributed by atoms with Gasteiger partial charge in [-0.2, -0.15) is 0 Å². The van der Waals surface area contributed by atoms with Crippen molar-refractivity contribution in [2.75, 3.05) is 6.54 Å². The predicted octanol–water partition coefficient (Wildman–Crippen LogP) is 2.92. The minimum absolute atomic E-state index is 0.104. The van der Waals surface area contributed by atoms with Crippen LogP contribution in [-0.4, -0.2) is 22.7 Å². The average molecular weight is 282 g/mol. The van der Waals surface area contributed by atoms with Crippen LogP contribution in [0.4, 0.5) is 0 Å². The van der Waals surface area contributed by atoms with E-state index in [0.29, 0.717) is 5.92 Å². The number of aromatic nitrogens is 1. The maximum Gasteiger partial charge on any atom is 0.0577 e. The smallest absolute Gasteiger partial charge is 0.0577 e. The molecule has 0 aliphatic heterocycles. The van der Waals surface area contributed by atoms with Gasteiger partial charge >= 0.3 is 0 Å². The van der Waals surface area contributed by atoms with Gasteiger partial charge in [-0.3, -0.25) is 4.98 Å². The molecule has 21 heavy (non-hydrogen) atoms. The molecule has 3 atom stereocenters. The van der Waals surface area contributed by atoms with Crippen LogP contribution in [0.3, 0.4) is 0 Å². The Bertz CT molecular complexity index is 504. The Hall–Kier alpha value is -1.71. The zero-order valence-corrected chi connectivity index (χ0v) is 12.2. The van der Waals surface area contributed by atoms with E-state index < -0.39 is 0 Å². The molecule has 0 spiro atoms. The van der Waals surface area contributed by atoms with Crippen molar-refractivity contribution in [3.63, 3.8) is 0 Å². The molecule has 2 aromatic rings. The maximum absolute atomic E-state index is 9.66. The number of nitrogens with zero attached hydrogens (tertiary/aromatic N) is 1. The van der Waals surface area contributed by atoms with E-state index in [4.69, 9.17) is 0 Å². The minimum atomic E-state index is -0.104. The summed E-state index contributed by atoms with van der Waals surface area (Å²) in [5.41, 5.74) is 2.50. The molecule has 1 aromatic heterocycles. The molecule has 0 bridgehead atoms. The summed E-state index contributed by atoms with van der Waals surface area (Å²) < 4.78 is 0. The summed E-state index contributed by atoms with van der Waals surface area (Å²) >= 11 is 0. The topological polar surface area (TPSA) is 45.1 Å². The lowest BCUT2D eigenvalue weighted by molar-refractivity contribution is 0.177. The Labute approximate surface area is 126 Å². The van der Waals surface area contributed by atoms with Gasteiger partial charge in [0.2, 0.25) is 0 Å². The summed E-state index contributed by atoms with van der Waals surface area (Å²) in [6.07, 6.45) is 6.56. The molecule has 3 unspecified atom stereocenters. The monoisotopic (exact) mass is 282 g/mol. The van der Waals surface area contributed by atoms with Crippen LogP contribution in [0, 0.1) is 5.92 Å². The van der Waals surface area contributed by atoms with Gasteiger partial charge in [0.25, 0.3) is 0 Å². The van der Waals surface area contributed by atoms with Gasteiger partial charge in [-0.1, -0.05) is 30.3 Å². The third-order valence-corrected chi connectivity index (χ3v) is 4.30. The molecule has 1 aliphatic carbocycles. The second-order valence-electron chi connectivity index (χ2n) is 5.87. The summed E-state index contributed by atoms with van der Waals surface area (Å²) in [4.78, 5) is 4.11. The van der Waals surface area contributed by atoms with E-state index in [2.05, 4.69) is 46.7 Å². The van der Waals surface area contributed by atoms with Crippen molar-refractivity contribution in [1.82, 2.24) is 10.3 Å². The Morgan fingerprint density at radius 3 is 2.43 bits per heavy atom. The Balaban J connectivity index is 1.74. The molecule has 1 fully saturated rings. The van der Waals surface area contributed by atoms with Gasteiger partial charge in [-0.05, 0) is 55.0 Å². The Morgan fingerprint density at radius 1 is 1.05 bits per heavy atom. The zero-order valence-electron chi connectivity index (χ0n) is 12.2. The van der Waals surface area contributed by atoms with Crippen LogP contribution in [-0.2, 0) is 0 Å². The van der Waals surface area contributed by atoms with E-state index in [9.17, 15) is 5.11 Å².